The third-order valence-corrected chi connectivity index (χ3v) is 8.33. The Balaban J connectivity index is 1.05. The van der Waals surface area contributed by atoms with E-state index in [-0.39, 0.29) is 12.2 Å². The van der Waals surface area contributed by atoms with Gasteiger partial charge < -0.3 is 24.6 Å². The number of hydrogen-bond donors (Lipinski definition) is 1. The molecule has 1 aromatic heterocycles. The molecule has 7 rings (SSSR count). The fourth-order valence-corrected chi connectivity index (χ4v) is 6.74. The predicted octanol–water partition coefficient (Wildman–Crippen LogP) is 2.89. The lowest BCUT2D eigenvalue weighted by molar-refractivity contribution is -0.0329. The molecule has 38 heavy (non-hydrogen) atoms. The van der Waals surface area contributed by atoms with E-state index in [0.29, 0.717) is 17.6 Å². The van der Waals surface area contributed by atoms with Gasteiger partial charge in [-0.1, -0.05) is 6.07 Å². The minimum absolute atomic E-state index is 0.113. The van der Waals surface area contributed by atoms with Crippen molar-refractivity contribution in [3.05, 3.63) is 65.4 Å². The van der Waals surface area contributed by atoms with Gasteiger partial charge in [-0.15, -0.1) is 0 Å². The van der Waals surface area contributed by atoms with Crippen LogP contribution >= 0.6 is 0 Å². The van der Waals surface area contributed by atoms with Gasteiger partial charge in [-0.05, 0) is 54.4 Å². The molecule has 8 heteroatoms. The quantitative estimate of drug-likeness (QED) is 0.574. The molecule has 0 aliphatic carbocycles. The van der Waals surface area contributed by atoms with E-state index >= 15 is 0 Å². The van der Waals surface area contributed by atoms with Crippen LogP contribution in [-0.2, 0) is 22.6 Å². The van der Waals surface area contributed by atoms with Crippen molar-refractivity contribution < 1.29 is 9.47 Å². The Labute approximate surface area is 223 Å². The van der Waals surface area contributed by atoms with Gasteiger partial charge in [0.1, 0.15) is 6.07 Å². The van der Waals surface area contributed by atoms with Gasteiger partial charge in [0.05, 0.1) is 36.5 Å². The van der Waals surface area contributed by atoms with E-state index in [1.165, 1.54) is 16.8 Å². The summed E-state index contributed by atoms with van der Waals surface area (Å²) in [6.07, 6.45) is 2.00. The van der Waals surface area contributed by atoms with Gasteiger partial charge in [0.15, 0.2) is 0 Å². The van der Waals surface area contributed by atoms with Crippen molar-refractivity contribution >= 4 is 22.3 Å². The van der Waals surface area contributed by atoms with Gasteiger partial charge >= 0.3 is 0 Å². The summed E-state index contributed by atoms with van der Waals surface area (Å²) in [6.45, 7) is 10.2. The standard InChI is InChI=1S/C30H34N6O2/c1-20-11-36(29-7-5-21(10-31)30-28(29)3-2-8-32-30)17-27(38-20)16-34-12-22-4-6-26(9-23(22)13-34)35-14-24-18-37-19-25(15-35)33-24/h2-9,20,24-25,27,33H,11-19H2,1H3/t20-,24?,25?,27+/m1/s1. The highest BCUT2D eigenvalue weighted by molar-refractivity contribution is 5.95. The highest BCUT2D eigenvalue weighted by atomic mass is 16.5. The molecule has 4 aliphatic heterocycles. The molecule has 2 aromatic carbocycles. The number of anilines is 2. The van der Waals surface area contributed by atoms with Crippen molar-refractivity contribution in [3.8, 4) is 6.07 Å². The van der Waals surface area contributed by atoms with Gasteiger partial charge in [-0.25, -0.2) is 0 Å². The molecule has 5 heterocycles. The number of rotatable bonds is 4. The Hall–Kier alpha value is -3.22. The average molecular weight is 511 g/mol. The summed E-state index contributed by atoms with van der Waals surface area (Å²) in [7, 11) is 0. The molecule has 4 aliphatic rings. The number of nitrogens with zero attached hydrogens (tertiary/aromatic N) is 5. The lowest BCUT2D eigenvalue weighted by atomic mass is 10.0. The zero-order valence-electron chi connectivity index (χ0n) is 21.8. The summed E-state index contributed by atoms with van der Waals surface area (Å²) < 4.78 is 12.2. The molecule has 0 spiro atoms. The molecule has 3 fully saturated rings. The molecule has 2 unspecified atom stereocenters. The minimum atomic E-state index is 0.113. The molecule has 0 saturated carbocycles. The predicted molar refractivity (Wildman–Crippen MR) is 147 cm³/mol. The van der Waals surface area contributed by atoms with Crippen LogP contribution in [0.5, 0.6) is 0 Å². The van der Waals surface area contributed by atoms with Crippen LogP contribution in [0.1, 0.15) is 23.6 Å². The molecular formula is C30H34N6O2. The monoisotopic (exact) mass is 510 g/mol. The minimum Gasteiger partial charge on any atom is -0.378 e. The number of nitrogens with one attached hydrogen (secondary N) is 1. The molecule has 0 radical (unpaired) electrons. The number of piperazine rings is 1. The molecule has 196 valence electrons. The highest BCUT2D eigenvalue weighted by Gasteiger charge is 2.33. The number of pyridine rings is 1. The average Bonchev–Trinajstić information content (AvgIpc) is 3.33. The normalized spacial score (nSPS) is 27.4. The van der Waals surface area contributed by atoms with Crippen molar-refractivity contribution in [1.29, 1.82) is 5.26 Å². The number of aromatic nitrogens is 1. The first kappa shape index (κ1) is 23.9. The number of ether oxygens (including phenoxy) is 2. The van der Waals surface area contributed by atoms with Gasteiger partial charge in [0, 0.05) is 80.9 Å². The Kier molecular flexibility index (Phi) is 6.17. The zero-order chi connectivity index (χ0) is 25.6. The van der Waals surface area contributed by atoms with Crippen molar-refractivity contribution in [1.82, 2.24) is 15.2 Å². The van der Waals surface area contributed by atoms with Crippen molar-refractivity contribution in [3.63, 3.8) is 0 Å². The van der Waals surface area contributed by atoms with Crippen LogP contribution in [0.3, 0.4) is 0 Å². The van der Waals surface area contributed by atoms with Gasteiger partial charge in [-0.3, -0.25) is 9.88 Å². The van der Waals surface area contributed by atoms with Gasteiger partial charge in [-0.2, -0.15) is 5.26 Å². The topological polar surface area (TPSA) is 76.9 Å². The molecule has 3 aromatic rings. The van der Waals surface area contributed by atoms with E-state index in [4.69, 9.17) is 9.47 Å². The number of nitriles is 1. The van der Waals surface area contributed by atoms with Crippen LogP contribution < -0.4 is 15.1 Å². The summed E-state index contributed by atoms with van der Waals surface area (Å²) >= 11 is 0. The second kappa shape index (κ2) is 9.83. The smallest absolute Gasteiger partial charge is 0.101 e. The molecule has 0 amide bonds. The van der Waals surface area contributed by atoms with Crippen LogP contribution in [0.25, 0.3) is 10.9 Å². The van der Waals surface area contributed by atoms with E-state index in [1.807, 2.05) is 12.1 Å². The first-order valence-electron chi connectivity index (χ1n) is 13.7. The number of morpholine rings is 2. The molecular weight excluding hydrogens is 476 g/mol. The number of hydrogen-bond acceptors (Lipinski definition) is 8. The van der Waals surface area contributed by atoms with Crippen molar-refractivity contribution in [2.45, 2.75) is 44.3 Å². The van der Waals surface area contributed by atoms with Crippen molar-refractivity contribution in [2.75, 3.05) is 55.7 Å². The van der Waals surface area contributed by atoms with E-state index in [0.717, 1.165) is 75.6 Å². The fraction of sp³-hybridized carbons (Fsp3) is 0.467. The van der Waals surface area contributed by atoms with Crippen LogP contribution in [0.2, 0.25) is 0 Å². The number of fused-ring (bicyclic) bond motifs is 4. The SMILES string of the molecule is C[C@@H]1CN(c2ccc(C#N)c3ncccc23)C[C@H](CN2Cc3ccc(N4CC5COCC(C4)N5)cc3C2)O1. The van der Waals surface area contributed by atoms with Crippen LogP contribution in [-0.4, -0.2) is 80.1 Å². The third-order valence-electron chi connectivity index (χ3n) is 8.33. The van der Waals surface area contributed by atoms with Crippen LogP contribution in [0, 0.1) is 11.3 Å². The van der Waals surface area contributed by atoms with E-state index < -0.39 is 0 Å². The van der Waals surface area contributed by atoms with E-state index in [2.05, 4.69) is 68.3 Å². The summed E-state index contributed by atoms with van der Waals surface area (Å²) in [4.78, 5) is 12.0. The fourth-order valence-electron chi connectivity index (χ4n) is 6.74. The van der Waals surface area contributed by atoms with Gasteiger partial charge in [0.25, 0.3) is 0 Å². The molecule has 4 atom stereocenters. The Bertz CT molecular complexity index is 1380. The lowest BCUT2D eigenvalue weighted by Crippen LogP contribution is -2.62. The first-order valence-corrected chi connectivity index (χ1v) is 13.7. The van der Waals surface area contributed by atoms with E-state index in [1.54, 1.807) is 6.20 Å². The summed E-state index contributed by atoms with van der Waals surface area (Å²) in [5, 5.41) is 14.3. The van der Waals surface area contributed by atoms with E-state index in [9.17, 15) is 5.26 Å². The second-order valence-corrected chi connectivity index (χ2v) is 11.2. The molecule has 3 saturated heterocycles. The summed E-state index contributed by atoms with van der Waals surface area (Å²) in [5.41, 5.74) is 6.72. The Morgan fingerprint density at radius 3 is 2.68 bits per heavy atom. The maximum Gasteiger partial charge on any atom is 0.101 e. The van der Waals surface area contributed by atoms with Crippen LogP contribution in [0.4, 0.5) is 11.4 Å². The molecule has 8 nitrogen and oxygen atoms in total. The van der Waals surface area contributed by atoms with Crippen molar-refractivity contribution in [2.24, 2.45) is 0 Å². The Morgan fingerprint density at radius 1 is 1.00 bits per heavy atom. The maximum atomic E-state index is 9.54. The second-order valence-electron chi connectivity index (χ2n) is 11.2. The lowest BCUT2D eigenvalue weighted by Gasteiger charge is -2.43. The number of benzene rings is 2. The molecule has 2 bridgehead atoms. The first-order chi connectivity index (χ1) is 18.6. The third kappa shape index (κ3) is 4.50. The van der Waals surface area contributed by atoms with Gasteiger partial charge in [0.2, 0.25) is 0 Å². The summed E-state index contributed by atoms with van der Waals surface area (Å²) in [5.74, 6) is 0. The molecule has 1 N–H and O–H groups in total. The van der Waals surface area contributed by atoms with Crippen LogP contribution in [0.15, 0.2) is 48.7 Å². The summed E-state index contributed by atoms with van der Waals surface area (Å²) in [6, 6.07) is 18.1. The zero-order valence-corrected chi connectivity index (χ0v) is 21.8. The Morgan fingerprint density at radius 2 is 1.84 bits per heavy atom. The largest absolute Gasteiger partial charge is 0.378 e. The highest BCUT2D eigenvalue weighted by Crippen LogP contribution is 2.32. The maximum absolute atomic E-state index is 9.54.